The van der Waals surface area contributed by atoms with E-state index in [4.69, 9.17) is 4.74 Å². The van der Waals surface area contributed by atoms with Gasteiger partial charge >= 0.3 is 0 Å². The highest BCUT2D eigenvalue weighted by atomic mass is 16.6. The number of hydrogen-bond acceptors (Lipinski definition) is 6. The molecule has 0 atom stereocenters. The van der Waals surface area contributed by atoms with Gasteiger partial charge in [-0.2, -0.15) is 0 Å². The predicted octanol–water partition coefficient (Wildman–Crippen LogP) is 3.84. The van der Waals surface area contributed by atoms with Crippen molar-refractivity contribution < 1.29 is 19.2 Å². The fourth-order valence-corrected chi connectivity index (χ4v) is 3.19. The second-order valence-electron chi connectivity index (χ2n) is 7.25. The van der Waals surface area contributed by atoms with E-state index in [-0.39, 0.29) is 29.4 Å². The summed E-state index contributed by atoms with van der Waals surface area (Å²) < 4.78 is 5.43. The molecule has 0 spiro atoms. The summed E-state index contributed by atoms with van der Waals surface area (Å²) in [4.78, 5) is 37.7. The van der Waals surface area contributed by atoms with Crippen LogP contribution in [0.1, 0.15) is 26.3 Å². The molecule has 156 valence electrons. The summed E-state index contributed by atoms with van der Waals surface area (Å²) in [6, 6.07) is 12.7. The molecule has 0 saturated heterocycles. The van der Waals surface area contributed by atoms with E-state index in [0.717, 1.165) is 0 Å². The fraction of sp³-hybridized carbons (Fsp3) is 0.273. The van der Waals surface area contributed by atoms with Crippen LogP contribution in [0.3, 0.4) is 0 Å². The fourth-order valence-electron chi connectivity index (χ4n) is 3.19. The van der Waals surface area contributed by atoms with Crippen molar-refractivity contribution in [3.8, 4) is 5.75 Å². The number of imide groups is 1. The normalized spacial score (nSPS) is 13.9. The van der Waals surface area contributed by atoms with Crippen LogP contribution >= 0.6 is 0 Å². The lowest BCUT2D eigenvalue weighted by Crippen LogP contribution is -2.35. The molecule has 0 bridgehead atoms. The molecular formula is C22H23N3O5. The van der Waals surface area contributed by atoms with Crippen LogP contribution < -0.4 is 10.1 Å². The first-order chi connectivity index (χ1) is 14.3. The number of nitro benzene ring substituents is 1. The van der Waals surface area contributed by atoms with Gasteiger partial charge in [0, 0.05) is 24.4 Å². The molecule has 1 aliphatic rings. The number of non-ortho nitro benzene ring substituents is 1. The first-order valence-electron chi connectivity index (χ1n) is 9.67. The number of nitrogens with one attached hydrogen (secondary N) is 1. The maximum Gasteiger partial charge on any atom is 0.278 e. The van der Waals surface area contributed by atoms with Crippen LogP contribution in [0, 0.1) is 16.0 Å². The summed E-state index contributed by atoms with van der Waals surface area (Å²) in [6.07, 6.45) is 0. The monoisotopic (exact) mass is 409 g/mol. The van der Waals surface area contributed by atoms with Gasteiger partial charge in [0.25, 0.3) is 17.5 Å². The van der Waals surface area contributed by atoms with Crippen molar-refractivity contribution in [2.75, 3.05) is 18.5 Å². The third-order valence-corrected chi connectivity index (χ3v) is 4.52. The van der Waals surface area contributed by atoms with Crippen molar-refractivity contribution in [2.24, 2.45) is 5.92 Å². The van der Waals surface area contributed by atoms with E-state index in [9.17, 15) is 19.7 Å². The molecular weight excluding hydrogens is 386 g/mol. The quantitative estimate of drug-likeness (QED) is 0.404. The van der Waals surface area contributed by atoms with Gasteiger partial charge < -0.3 is 10.1 Å². The summed E-state index contributed by atoms with van der Waals surface area (Å²) in [5, 5.41) is 14.0. The molecule has 0 saturated carbocycles. The smallest absolute Gasteiger partial charge is 0.278 e. The number of rotatable bonds is 8. The number of ether oxygens (including phenoxy) is 1. The van der Waals surface area contributed by atoms with Gasteiger partial charge in [0.05, 0.1) is 17.1 Å². The van der Waals surface area contributed by atoms with E-state index in [1.54, 1.807) is 24.3 Å². The predicted molar refractivity (Wildman–Crippen MR) is 113 cm³/mol. The Labute approximate surface area is 174 Å². The lowest BCUT2D eigenvalue weighted by Gasteiger charge is -2.17. The first kappa shape index (κ1) is 21.0. The third-order valence-electron chi connectivity index (χ3n) is 4.52. The summed E-state index contributed by atoms with van der Waals surface area (Å²) in [7, 11) is 0. The molecule has 2 aromatic rings. The zero-order valence-electron chi connectivity index (χ0n) is 17.0. The SMILES string of the molecule is CCOc1ccc(NC2=C(c3ccc([N+](=O)[O-])cc3)C(=O)N(CC(C)C)C2=O)cc1. The van der Waals surface area contributed by atoms with Crippen LogP contribution in [0.5, 0.6) is 5.75 Å². The zero-order valence-corrected chi connectivity index (χ0v) is 17.0. The summed E-state index contributed by atoms with van der Waals surface area (Å²) in [5.74, 6) is -0.0457. The van der Waals surface area contributed by atoms with Gasteiger partial charge in [-0.25, -0.2) is 0 Å². The van der Waals surface area contributed by atoms with E-state index in [0.29, 0.717) is 23.6 Å². The molecule has 8 nitrogen and oxygen atoms in total. The number of benzene rings is 2. The van der Waals surface area contributed by atoms with Crippen LogP contribution in [0.4, 0.5) is 11.4 Å². The van der Waals surface area contributed by atoms with Gasteiger partial charge in [-0.05, 0) is 54.8 Å². The van der Waals surface area contributed by atoms with Gasteiger partial charge in [0.15, 0.2) is 0 Å². The van der Waals surface area contributed by atoms with E-state index >= 15 is 0 Å². The third kappa shape index (κ3) is 4.32. The second-order valence-corrected chi connectivity index (χ2v) is 7.25. The molecule has 2 amide bonds. The average molecular weight is 409 g/mol. The summed E-state index contributed by atoms with van der Waals surface area (Å²) >= 11 is 0. The van der Waals surface area contributed by atoms with Crippen molar-refractivity contribution in [2.45, 2.75) is 20.8 Å². The van der Waals surface area contributed by atoms with Crippen LogP contribution in [0.25, 0.3) is 5.57 Å². The number of hydrogen-bond donors (Lipinski definition) is 1. The Morgan fingerprint density at radius 3 is 2.20 bits per heavy atom. The minimum atomic E-state index is -0.510. The van der Waals surface area contributed by atoms with Gasteiger partial charge in [0.2, 0.25) is 0 Å². The van der Waals surface area contributed by atoms with E-state index in [1.165, 1.54) is 29.2 Å². The summed E-state index contributed by atoms with van der Waals surface area (Å²) in [6.45, 7) is 6.55. The van der Waals surface area contributed by atoms with Crippen LogP contribution in [-0.4, -0.2) is 34.8 Å². The lowest BCUT2D eigenvalue weighted by molar-refractivity contribution is -0.384. The molecule has 30 heavy (non-hydrogen) atoms. The molecule has 0 aromatic heterocycles. The second kappa shape index (κ2) is 8.77. The number of amides is 2. The molecule has 3 rings (SSSR count). The minimum Gasteiger partial charge on any atom is -0.494 e. The number of nitro groups is 1. The van der Waals surface area contributed by atoms with Crippen molar-refractivity contribution in [3.05, 3.63) is 69.9 Å². The number of nitrogens with zero attached hydrogens (tertiary/aromatic N) is 2. The Balaban J connectivity index is 2.00. The topological polar surface area (TPSA) is 102 Å². The maximum absolute atomic E-state index is 13.1. The molecule has 2 aromatic carbocycles. The Morgan fingerprint density at radius 1 is 1.03 bits per heavy atom. The highest BCUT2D eigenvalue weighted by molar-refractivity contribution is 6.36. The Kier molecular flexibility index (Phi) is 6.15. The van der Waals surface area contributed by atoms with E-state index in [2.05, 4.69) is 5.32 Å². The highest BCUT2D eigenvalue weighted by Crippen LogP contribution is 2.32. The number of anilines is 1. The Morgan fingerprint density at radius 2 is 1.67 bits per heavy atom. The van der Waals surface area contributed by atoms with Crippen molar-refractivity contribution in [3.63, 3.8) is 0 Å². The molecule has 0 fully saturated rings. The van der Waals surface area contributed by atoms with Crippen LogP contribution in [-0.2, 0) is 9.59 Å². The Hall–Kier alpha value is -3.68. The van der Waals surface area contributed by atoms with Crippen molar-refractivity contribution in [1.29, 1.82) is 0 Å². The molecule has 1 aliphatic heterocycles. The van der Waals surface area contributed by atoms with Gasteiger partial charge in [-0.15, -0.1) is 0 Å². The molecule has 0 radical (unpaired) electrons. The molecule has 1 heterocycles. The van der Waals surface area contributed by atoms with Crippen LogP contribution in [0.15, 0.2) is 54.2 Å². The number of carbonyl (C=O) groups excluding carboxylic acids is 2. The van der Waals surface area contributed by atoms with E-state index in [1.807, 2.05) is 20.8 Å². The van der Waals surface area contributed by atoms with E-state index < -0.39 is 16.7 Å². The van der Waals surface area contributed by atoms with Gasteiger partial charge in [-0.1, -0.05) is 13.8 Å². The maximum atomic E-state index is 13.1. The zero-order chi connectivity index (χ0) is 21.8. The molecule has 0 aliphatic carbocycles. The molecule has 1 N–H and O–H groups in total. The van der Waals surface area contributed by atoms with Crippen molar-refractivity contribution in [1.82, 2.24) is 4.90 Å². The largest absolute Gasteiger partial charge is 0.494 e. The lowest BCUT2D eigenvalue weighted by atomic mass is 10.0. The van der Waals surface area contributed by atoms with Gasteiger partial charge in [0.1, 0.15) is 11.4 Å². The van der Waals surface area contributed by atoms with Gasteiger partial charge in [-0.3, -0.25) is 24.6 Å². The minimum absolute atomic E-state index is 0.0869. The highest BCUT2D eigenvalue weighted by Gasteiger charge is 2.39. The average Bonchev–Trinajstić information content (AvgIpc) is 2.93. The number of carbonyl (C=O) groups is 2. The molecule has 0 unspecified atom stereocenters. The Bertz CT molecular complexity index is 994. The van der Waals surface area contributed by atoms with Crippen LogP contribution in [0.2, 0.25) is 0 Å². The first-order valence-corrected chi connectivity index (χ1v) is 9.67. The molecule has 8 heteroatoms. The van der Waals surface area contributed by atoms with Crippen molar-refractivity contribution >= 4 is 28.8 Å². The summed E-state index contributed by atoms with van der Waals surface area (Å²) in [5.41, 5.74) is 1.33. The standard InChI is InChI=1S/C22H23N3O5/c1-4-30-18-11-7-16(8-12-18)23-20-19(15-5-9-17(10-6-15)25(28)29)21(26)24(22(20)27)13-14(2)3/h5-12,14,23H,4,13H2,1-3H3.